The molecule has 0 saturated carbocycles. The predicted octanol–water partition coefficient (Wildman–Crippen LogP) is 1.12. The van der Waals surface area contributed by atoms with Gasteiger partial charge in [0, 0.05) is 26.6 Å². The van der Waals surface area contributed by atoms with Gasteiger partial charge in [0.2, 0.25) is 5.60 Å². The molecular weight excluding hydrogens is 376 g/mol. The first kappa shape index (κ1) is 19.2. The minimum atomic E-state index is -1.08. The summed E-state index contributed by atoms with van der Waals surface area (Å²) in [6, 6.07) is 7.05. The maximum Gasteiger partial charge on any atom is 0.324 e. The van der Waals surface area contributed by atoms with Crippen molar-refractivity contribution < 1.29 is 24.0 Å². The van der Waals surface area contributed by atoms with Crippen molar-refractivity contribution in [3.8, 4) is 5.75 Å². The number of amides is 4. The second kappa shape index (κ2) is 6.75. The van der Waals surface area contributed by atoms with Crippen LogP contribution in [0.2, 0.25) is 0 Å². The van der Waals surface area contributed by atoms with Gasteiger partial charge in [0.25, 0.3) is 11.8 Å². The van der Waals surface area contributed by atoms with Gasteiger partial charge in [-0.25, -0.2) is 4.79 Å². The minimum Gasteiger partial charge on any atom is -0.497 e. The maximum atomic E-state index is 13.1. The smallest absolute Gasteiger partial charge is 0.324 e. The van der Waals surface area contributed by atoms with Crippen molar-refractivity contribution in [2.24, 2.45) is 5.16 Å². The Bertz CT molecular complexity index is 889. The number of oxime groups is 1. The second-order valence-electron chi connectivity index (χ2n) is 7.93. The number of piperidine rings is 1. The number of imide groups is 1. The van der Waals surface area contributed by atoms with Gasteiger partial charge in [-0.1, -0.05) is 5.16 Å². The Hall–Kier alpha value is -3.10. The molecule has 2 fully saturated rings. The van der Waals surface area contributed by atoms with Crippen LogP contribution >= 0.6 is 0 Å². The van der Waals surface area contributed by atoms with Crippen LogP contribution in [0.4, 0.5) is 4.79 Å². The van der Waals surface area contributed by atoms with Crippen LogP contribution < -0.4 is 10.1 Å². The number of hydrogen-bond donors (Lipinski definition) is 1. The Kier molecular flexibility index (Phi) is 4.48. The molecule has 3 heterocycles. The van der Waals surface area contributed by atoms with E-state index in [-0.39, 0.29) is 11.8 Å². The number of nitrogens with one attached hydrogen (secondary N) is 1. The molecule has 29 heavy (non-hydrogen) atoms. The number of carbonyl (C=O) groups excluding carboxylic acids is 3. The lowest BCUT2D eigenvalue weighted by molar-refractivity contribution is -0.156. The number of urea groups is 1. The van der Waals surface area contributed by atoms with Gasteiger partial charge in [0.15, 0.2) is 0 Å². The van der Waals surface area contributed by atoms with E-state index >= 15 is 0 Å². The summed E-state index contributed by atoms with van der Waals surface area (Å²) in [6.07, 6.45) is 1.13. The number of hydrogen-bond acceptors (Lipinski definition) is 6. The van der Waals surface area contributed by atoms with Gasteiger partial charge in [0.05, 0.1) is 12.8 Å². The van der Waals surface area contributed by atoms with E-state index in [0.29, 0.717) is 38.1 Å². The summed E-state index contributed by atoms with van der Waals surface area (Å²) < 4.78 is 5.17. The topological polar surface area (TPSA) is 101 Å². The number of nitrogens with zero attached hydrogens (tertiary/aromatic N) is 3. The van der Waals surface area contributed by atoms with E-state index in [1.165, 1.54) is 7.05 Å². The van der Waals surface area contributed by atoms with Crippen molar-refractivity contribution in [1.82, 2.24) is 15.1 Å². The number of methoxy groups -OCH3 is 1. The highest BCUT2D eigenvalue weighted by molar-refractivity contribution is 6.07. The fourth-order valence-corrected chi connectivity index (χ4v) is 4.11. The van der Waals surface area contributed by atoms with Crippen LogP contribution in [-0.2, 0) is 14.4 Å². The van der Waals surface area contributed by atoms with Crippen molar-refractivity contribution in [3.63, 3.8) is 0 Å². The lowest BCUT2D eigenvalue weighted by atomic mass is 9.86. The van der Waals surface area contributed by atoms with E-state index in [4.69, 9.17) is 9.57 Å². The Balaban J connectivity index is 1.40. The van der Waals surface area contributed by atoms with Crippen molar-refractivity contribution in [1.29, 1.82) is 0 Å². The third-order valence-electron chi connectivity index (χ3n) is 6.01. The highest BCUT2D eigenvalue weighted by atomic mass is 16.7. The van der Waals surface area contributed by atoms with Crippen LogP contribution in [0, 0.1) is 0 Å². The summed E-state index contributed by atoms with van der Waals surface area (Å²) in [6.45, 7) is 2.47. The molecule has 1 aromatic carbocycles. The van der Waals surface area contributed by atoms with Gasteiger partial charge in [0.1, 0.15) is 11.3 Å². The quantitative estimate of drug-likeness (QED) is 0.767. The molecule has 3 aliphatic heterocycles. The Morgan fingerprint density at radius 1 is 1.21 bits per heavy atom. The summed E-state index contributed by atoms with van der Waals surface area (Å²) in [5.41, 5.74) is -0.399. The molecule has 0 aliphatic carbocycles. The zero-order valence-corrected chi connectivity index (χ0v) is 16.7. The van der Waals surface area contributed by atoms with E-state index in [2.05, 4.69) is 10.5 Å². The normalized spacial score (nSPS) is 25.7. The monoisotopic (exact) mass is 400 g/mol. The van der Waals surface area contributed by atoms with Crippen LogP contribution in [0.1, 0.15) is 31.7 Å². The molecule has 4 rings (SSSR count). The van der Waals surface area contributed by atoms with E-state index < -0.39 is 17.2 Å². The highest BCUT2D eigenvalue weighted by Crippen LogP contribution is 2.33. The Morgan fingerprint density at radius 3 is 2.41 bits per heavy atom. The van der Waals surface area contributed by atoms with Gasteiger partial charge in [-0.3, -0.25) is 14.5 Å². The third kappa shape index (κ3) is 3.10. The van der Waals surface area contributed by atoms with Gasteiger partial charge < -0.3 is 19.8 Å². The Labute approximate surface area is 168 Å². The molecular formula is C20H24N4O5. The molecule has 1 aromatic rings. The molecule has 1 unspecified atom stereocenters. The van der Waals surface area contributed by atoms with Crippen molar-refractivity contribution in [3.05, 3.63) is 29.8 Å². The van der Waals surface area contributed by atoms with E-state index in [1.54, 1.807) is 18.9 Å². The van der Waals surface area contributed by atoms with Crippen LogP contribution in [0.3, 0.4) is 0 Å². The van der Waals surface area contributed by atoms with Crippen LogP contribution in [0.15, 0.2) is 29.4 Å². The molecule has 2 saturated heterocycles. The molecule has 9 heteroatoms. The first-order valence-electron chi connectivity index (χ1n) is 9.57. The zero-order chi connectivity index (χ0) is 20.8. The number of benzene rings is 1. The lowest BCUT2D eigenvalue weighted by Gasteiger charge is -2.39. The van der Waals surface area contributed by atoms with Crippen LogP contribution in [-0.4, -0.2) is 71.7 Å². The van der Waals surface area contributed by atoms with Crippen molar-refractivity contribution in [2.45, 2.75) is 37.3 Å². The molecule has 0 aromatic heterocycles. The van der Waals surface area contributed by atoms with Crippen molar-refractivity contribution in [2.75, 3.05) is 27.2 Å². The average Bonchev–Trinajstić information content (AvgIpc) is 3.23. The fraction of sp³-hybridized carbons (Fsp3) is 0.500. The number of ether oxygens (including phenoxy) is 1. The average molecular weight is 400 g/mol. The molecule has 1 atom stereocenters. The lowest BCUT2D eigenvalue weighted by Crippen LogP contribution is -2.58. The molecule has 154 valence electrons. The van der Waals surface area contributed by atoms with Gasteiger partial charge in [-0.2, -0.15) is 0 Å². The molecule has 1 spiro atoms. The minimum absolute atomic E-state index is 0.162. The number of carbonyl (C=O) groups is 3. The Morgan fingerprint density at radius 2 is 1.86 bits per heavy atom. The SMILES string of the molecule is COc1ccc(C2=NOC(C)(C(=O)N3CCC4(CC3)NC(=O)N(C)C4=O)C2)cc1. The first-order chi connectivity index (χ1) is 13.8. The van der Waals surface area contributed by atoms with Crippen LogP contribution in [0.5, 0.6) is 5.75 Å². The first-order valence-corrected chi connectivity index (χ1v) is 9.57. The zero-order valence-electron chi connectivity index (χ0n) is 16.7. The van der Waals surface area contributed by atoms with E-state index in [9.17, 15) is 14.4 Å². The fourth-order valence-electron chi connectivity index (χ4n) is 4.11. The molecule has 0 radical (unpaired) electrons. The molecule has 1 N–H and O–H groups in total. The number of likely N-dealkylation sites (N-methyl/N-ethyl adjacent to an activating group) is 1. The van der Waals surface area contributed by atoms with E-state index in [1.807, 2.05) is 24.3 Å². The largest absolute Gasteiger partial charge is 0.497 e. The molecule has 0 bridgehead atoms. The summed E-state index contributed by atoms with van der Waals surface area (Å²) in [4.78, 5) is 45.7. The van der Waals surface area contributed by atoms with E-state index in [0.717, 1.165) is 16.2 Å². The molecule has 3 aliphatic rings. The third-order valence-corrected chi connectivity index (χ3v) is 6.01. The number of rotatable bonds is 3. The van der Waals surface area contributed by atoms with Gasteiger partial charge in [-0.05, 0) is 49.6 Å². The molecule has 9 nitrogen and oxygen atoms in total. The summed E-state index contributed by atoms with van der Waals surface area (Å²) in [5.74, 6) is 0.348. The standard InChI is InChI=1S/C20H24N4O5/c1-19(12-15(22-29-19)13-4-6-14(28-3)7-5-13)16(25)24-10-8-20(9-11-24)17(26)23(2)18(27)21-20/h4-7H,8-12H2,1-3H3,(H,21,27). The second-order valence-corrected chi connectivity index (χ2v) is 7.93. The summed E-state index contributed by atoms with van der Waals surface area (Å²) >= 11 is 0. The highest BCUT2D eigenvalue weighted by Gasteiger charge is 2.53. The van der Waals surface area contributed by atoms with Crippen molar-refractivity contribution >= 4 is 23.6 Å². The summed E-state index contributed by atoms with van der Waals surface area (Å²) in [5, 5.41) is 6.92. The predicted molar refractivity (Wildman–Crippen MR) is 103 cm³/mol. The van der Waals surface area contributed by atoms with Crippen LogP contribution in [0.25, 0.3) is 0 Å². The number of likely N-dealkylation sites (tertiary alicyclic amines) is 1. The van der Waals surface area contributed by atoms with Gasteiger partial charge >= 0.3 is 6.03 Å². The van der Waals surface area contributed by atoms with Gasteiger partial charge in [-0.15, -0.1) is 0 Å². The molecule has 4 amide bonds. The maximum absolute atomic E-state index is 13.1. The summed E-state index contributed by atoms with van der Waals surface area (Å²) in [7, 11) is 3.07.